The van der Waals surface area contributed by atoms with Crippen LogP contribution in [0.1, 0.15) is 0 Å². The van der Waals surface area contributed by atoms with Gasteiger partial charge in [0.1, 0.15) is 0 Å². The molecule has 0 bridgehead atoms. The van der Waals surface area contributed by atoms with Crippen molar-refractivity contribution in [3.63, 3.8) is 0 Å². The number of hydrogen-bond acceptors (Lipinski definition) is 5. The molecule has 16 heavy (non-hydrogen) atoms. The van der Waals surface area contributed by atoms with E-state index >= 15 is 0 Å². The molecule has 5 heteroatoms. The Labute approximate surface area is 98.6 Å². The molecule has 1 aliphatic rings. The predicted molar refractivity (Wildman–Crippen MR) is 63.8 cm³/mol. The van der Waals surface area contributed by atoms with Gasteiger partial charge in [-0.1, -0.05) is 12.1 Å². The van der Waals surface area contributed by atoms with E-state index < -0.39 is 0 Å². The molecule has 4 nitrogen and oxygen atoms in total. The number of rotatable bonds is 2. The van der Waals surface area contributed by atoms with Crippen LogP contribution in [-0.4, -0.2) is 16.4 Å². The van der Waals surface area contributed by atoms with Crippen molar-refractivity contribution in [1.29, 1.82) is 0 Å². The molecule has 1 atom stereocenters. The third-order valence-corrected chi connectivity index (χ3v) is 1.98. The van der Waals surface area contributed by atoms with Crippen molar-refractivity contribution in [2.75, 3.05) is 0 Å². The maximum absolute atomic E-state index is 5.32. The highest BCUT2D eigenvalue weighted by Gasteiger charge is 2.09. The minimum absolute atomic E-state index is 0.0381. The highest BCUT2D eigenvalue weighted by Crippen LogP contribution is 2.06. The van der Waals surface area contributed by atoms with Gasteiger partial charge in [-0.15, -0.1) is 0 Å². The summed E-state index contributed by atoms with van der Waals surface area (Å²) in [5, 5.41) is 3.00. The maximum Gasteiger partial charge on any atom is 0.361 e. The number of ether oxygens (including phenoxy) is 2. The lowest BCUT2D eigenvalue weighted by Crippen LogP contribution is -2.30. The predicted octanol–water partition coefficient (Wildman–Crippen LogP) is 1.76. The highest BCUT2D eigenvalue weighted by atomic mass is 32.1. The third kappa shape index (κ3) is 3.06. The summed E-state index contributed by atoms with van der Waals surface area (Å²) >= 11 is 4.93. The van der Waals surface area contributed by atoms with Crippen molar-refractivity contribution >= 4 is 17.5 Å². The maximum atomic E-state index is 5.32. The lowest BCUT2D eigenvalue weighted by molar-refractivity contribution is 0.175. The summed E-state index contributed by atoms with van der Waals surface area (Å²) in [4.78, 5) is 3.97. The first-order valence-electron chi connectivity index (χ1n) is 4.73. The Balaban J connectivity index is 1.85. The molecule has 1 aromatic heterocycles. The highest BCUT2D eigenvalue weighted by molar-refractivity contribution is 7.79. The first-order chi connectivity index (χ1) is 7.84. The second kappa shape index (κ2) is 5.27. The van der Waals surface area contributed by atoms with Gasteiger partial charge in [-0.05, 0) is 24.4 Å². The Hall–Kier alpha value is -1.88. The molecule has 0 radical (unpaired) electrons. The summed E-state index contributed by atoms with van der Waals surface area (Å²) < 4.78 is 10.5. The molecule has 1 unspecified atom stereocenters. The summed E-state index contributed by atoms with van der Waals surface area (Å²) in [7, 11) is 0. The van der Waals surface area contributed by atoms with Crippen LogP contribution in [0, 0.1) is 0 Å². The van der Waals surface area contributed by atoms with E-state index in [1.54, 1.807) is 24.5 Å². The van der Waals surface area contributed by atoms with Crippen LogP contribution in [0.3, 0.4) is 0 Å². The molecule has 0 amide bonds. The molecule has 0 fully saturated rings. The third-order valence-electron chi connectivity index (χ3n) is 1.80. The van der Waals surface area contributed by atoms with E-state index in [1.165, 1.54) is 0 Å². The van der Waals surface area contributed by atoms with E-state index in [4.69, 9.17) is 21.7 Å². The van der Waals surface area contributed by atoms with E-state index in [0.29, 0.717) is 5.88 Å². The molecule has 2 heterocycles. The smallest absolute Gasteiger partial charge is 0.361 e. The zero-order chi connectivity index (χ0) is 11.2. The topological polar surface area (TPSA) is 43.4 Å². The average molecular weight is 234 g/mol. The van der Waals surface area contributed by atoms with Gasteiger partial charge in [-0.3, -0.25) is 0 Å². The van der Waals surface area contributed by atoms with Crippen molar-refractivity contribution in [3.8, 4) is 5.88 Å². The van der Waals surface area contributed by atoms with Crippen molar-refractivity contribution in [2.24, 2.45) is 0 Å². The summed E-state index contributed by atoms with van der Waals surface area (Å²) in [6.45, 7) is 0. The van der Waals surface area contributed by atoms with E-state index in [2.05, 4.69) is 10.3 Å². The fourth-order valence-corrected chi connectivity index (χ4v) is 1.31. The molecular formula is C11H10N2O2S. The fourth-order valence-electron chi connectivity index (χ4n) is 1.12. The number of nitrogens with zero attached hydrogens (tertiary/aromatic N) is 1. The lowest BCUT2D eigenvalue weighted by Gasteiger charge is -2.17. The zero-order valence-electron chi connectivity index (χ0n) is 8.37. The van der Waals surface area contributed by atoms with Crippen LogP contribution < -0.4 is 10.1 Å². The molecule has 0 saturated carbocycles. The Morgan fingerprint density at radius 1 is 1.38 bits per heavy atom. The van der Waals surface area contributed by atoms with E-state index in [9.17, 15) is 0 Å². The van der Waals surface area contributed by atoms with Gasteiger partial charge in [0.25, 0.3) is 0 Å². The second-order valence-corrected chi connectivity index (χ2v) is 3.30. The van der Waals surface area contributed by atoms with Crippen LogP contribution in [0.4, 0.5) is 0 Å². The minimum Gasteiger partial charge on any atom is -0.429 e. The molecule has 0 aliphatic carbocycles. The van der Waals surface area contributed by atoms with Crippen LogP contribution in [0.25, 0.3) is 0 Å². The van der Waals surface area contributed by atoms with Crippen LogP contribution in [0.2, 0.25) is 0 Å². The van der Waals surface area contributed by atoms with Gasteiger partial charge < -0.3 is 14.8 Å². The number of hydrogen-bond donors (Lipinski definition) is 1. The van der Waals surface area contributed by atoms with Crippen molar-refractivity contribution < 1.29 is 9.47 Å². The molecule has 82 valence electrons. The largest absolute Gasteiger partial charge is 0.429 e. The monoisotopic (exact) mass is 234 g/mol. The molecule has 0 spiro atoms. The molecule has 1 aromatic rings. The van der Waals surface area contributed by atoms with E-state index in [0.717, 1.165) is 0 Å². The van der Waals surface area contributed by atoms with Gasteiger partial charge >= 0.3 is 5.24 Å². The number of pyridine rings is 1. The van der Waals surface area contributed by atoms with E-state index in [-0.39, 0.29) is 11.5 Å². The Morgan fingerprint density at radius 3 is 3.00 bits per heavy atom. The van der Waals surface area contributed by atoms with Crippen LogP contribution in [0.5, 0.6) is 5.88 Å². The SMILES string of the molecule is S=C(Oc1ccccn1)OC1C=CC=CN1. The average Bonchev–Trinajstić information content (AvgIpc) is 2.31. The standard InChI is InChI=1S/C11H10N2O2S/c16-11(14-9-5-1-3-7-12-9)15-10-6-2-4-8-13-10/h1-9,12H. The van der Waals surface area contributed by atoms with E-state index in [1.807, 2.05) is 24.3 Å². The number of dihydropyridines is 1. The van der Waals surface area contributed by atoms with Crippen LogP contribution >= 0.6 is 12.2 Å². The van der Waals surface area contributed by atoms with Gasteiger partial charge in [0, 0.05) is 24.5 Å². The Bertz CT molecular complexity index is 417. The van der Waals surface area contributed by atoms with Crippen molar-refractivity contribution in [3.05, 3.63) is 48.8 Å². The molecule has 1 aliphatic heterocycles. The summed E-state index contributed by atoms with van der Waals surface area (Å²) in [6.07, 6.45) is 8.66. The fraction of sp³-hybridized carbons (Fsp3) is 0.0909. The number of aromatic nitrogens is 1. The lowest BCUT2D eigenvalue weighted by atomic mass is 10.4. The first kappa shape index (κ1) is 10.6. The molecule has 1 N–H and O–H groups in total. The van der Waals surface area contributed by atoms with Crippen LogP contribution in [-0.2, 0) is 4.74 Å². The van der Waals surface area contributed by atoms with Gasteiger partial charge in [0.05, 0.1) is 0 Å². The number of thiocarbonyl (C=S) groups is 1. The molecular weight excluding hydrogens is 224 g/mol. The quantitative estimate of drug-likeness (QED) is 0.790. The number of nitrogens with one attached hydrogen (secondary N) is 1. The minimum atomic E-state index is -0.291. The molecule has 0 saturated heterocycles. The zero-order valence-corrected chi connectivity index (χ0v) is 9.18. The summed E-state index contributed by atoms with van der Waals surface area (Å²) in [5.74, 6) is 0.419. The molecule has 2 rings (SSSR count). The van der Waals surface area contributed by atoms with Crippen molar-refractivity contribution in [1.82, 2.24) is 10.3 Å². The van der Waals surface area contributed by atoms with Gasteiger partial charge in [0.15, 0.2) is 6.23 Å². The molecule has 0 aromatic carbocycles. The second-order valence-electron chi connectivity index (χ2n) is 2.97. The summed E-state index contributed by atoms with van der Waals surface area (Å²) in [5.41, 5.74) is 0. The Morgan fingerprint density at radius 2 is 2.31 bits per heavy atom. The van der Waals surface area contributed by atoms with Crippen molar-refractivity contribution in [2.45, 2.75) is 6.23 Å². The van der Waals surface area contributed by atoms with Crippen LogP contribution in [0.15, 0.2) is 48.8 Å². The summed E-state index contributed by atoms with van der Waals surface area (Å²) in [6, 6.07) is 5.32. The van der Waals surface area contributed by atoms with Gasteiger partial charge in [0.2, 0.25) is 5.88 Å². The number of allylic oxidation sites excluding steroid dienone is 2. The Kier molecular flexibility index (Phi) is 3.50. The normalized spacial score (nSPS) is 17.6. The first-order valence-corrected chi connectivity index (χ1v) is 5.14. The van der Waals surface area contributed by atoms with Gasteiger partial charge in [-0.2, -0.15) is 0 Å². The van der Waals surface area contributed by atoms with Gasteiger partial charge in [-0.25, -0.2) is 4.98 Å².